The molecule has 1 atom stereocenters. The van der Waals surface area contributed by atoms with Crippen molar-refractivity contribution in [2.45, 2.75) is 12.5 Å². The summed E-state index contributed by atoms with van der Waals surface area (Å²) in [6.45, 7) is 0. The molecule has 0 fully saturated rings. The minimum Gasteiger partial charge on any atom is -0.382 e. The first-order chi connectivity index (χ1) is 7.18. The third-order valence-electron chi connectivity index (χ3n) is 2.19. The molecule has 2 rings (SSSR count). The van der Waals surface area contributed by atoms with Crippen molar-refractivity contribution in [3.05, 3.63) is 42.1 Å². The number of halogens is 2. The van der Waals surface area contributed by atoms with Crippen LogP contribution in [0.2, 0.25) is 0 Å². The van der Waals surface area contributed by atoms with Crippen molar-refractivity contribution in [1.82, 2.24) is 4.98 Å². The van der Waals surface area contributed by atoms with Crippen LogP contribution in [0.15, 0.2) is 36.5 Å². The molecule has 0 spiro atoms. The van der Waals surface area contributed by atoms with Gasteiger partial charge in [-0.1, -0.05) is 18.2 Å². The fourth-order valence-electron chi connectivity index (χ4n) is 1.40. The zero-order chi connectivity index (χ0) is 10.8. The van der Waals surface area contributed by atoms with Crippen LogP contribution in [0.3, 0.4) is 0 Å². The molecule has 78 valence electrons. The second kappa shape index (κ2) is 3.90. The first-order valence-electron chi connectivity index (χ1n) is 4.49. The highest BCUT2D eigenvalue weighted by molar-refractivity contribution is 5.78. The number of hydrogen-bond acceptors (Lipinski definition) is 2. The summed E-state index contributed by atoms with van der Waals surface area (Å²) >= 11 is 0. The van der Waals surface area contributed by atoms with E-state index in [0.717, 1.165) is 10.9 Å². The fourth-order valence-corrected chi connectivity index (χ4v) is 1.40. The summed E-state index contributed by atoms with van der Waals surface area (Å²) in [5.74, 6) is 0. The minimum absolute atomic E-state index is 0.142. The van der Waals surface area contributed by atoms with Gasteiger partial charge in [0.15, 0.2) is 0 Å². The Kier molecular flexibility index (Phi) is 2.60. The lowest BCUT2D eigenvalue weighted by atomic mass is 10.1. The van der Waals surface area contributed by atoms with Gasteiger partial charge in [-0.2, -0.15) is 0 Å². The molecule has 2 nitrogen and oxygen atoms in total. The smallest absolute Gasteiger partial charge is 0.268 e. The first kappa shape index (κ1) is 9.98. The number of pyridine rings is 1. The molecule has 0 saturated carbocycles. The average molecular weight is 209 g/mol. The van der Waals surface area contributed by atoms with Crippen LogP contribution in [0.1, 0.15) is 11.7 Å². The van der Waals surface area contributed by atoms with Gasteiger partial charge in [-0.25, -0.2) is 8.78 Å². The van der Waals surface area contributed by atoms with E-state index in [4.69, 9.17) is 5.11 Å². The van der Waals surface area contributed by atoms with Crippen molar-refractivity contribution in [3.8, 4) is 0 Å². The Balaban J connectivity index is 2.47. The van der Waals surface area contributed by atoms with Gasteiger partial charge in [0.25, 0.3) is 6.43 Å². The van der Waals surface area contributed by atoms with Gasteiger partial charge >= 0.3 is 0 Å². The summed E-state index contributed by atoms with van der Waals surface area (Å²) in [7, 11) is 0. The molecule has 1 aromatic carbocycles. The van der Waals surface area contributed by atoms with Crippen LogP contribution in [-0.2, 0) is 0 Å². The average Bonchev–Trinajstić information content (AvgIpc) is 2.27. The lowest BCUT2D eigenvalue weighted by Gasteiger charge is -2.09. The Morgan fingerprint density at radius 3 is 2.67 bits per heavy atom. The quantitative estimate of drug-likeness (QED) is 0.824. The highest BCUT2D eigenvalue weighted by Gasteiger charge is 2.19. The van der Waals surface area contributed by atoms with Gasteiger partial charge in [-0.05, 0) is 12.1 Å². The van der Waals surface area contributed by atoms with Gasteiger partial charge in [0, 0.05) is 17.1 Å². The molecule has 15 heavy (non-hydrogen) atoms. The van der Waals surface area contributed by atoms with Gasteiger partial charge < -0.3 is 5.11 Å². The maximum absolute atomic E-state index is 12.2. The van der Waals surface area contributed by atoms with E-state index >= 15 is 0 Å². The number of hydrogen-bond donors (Lipinski definition) is 1. The number of aliphatic hydroxyl groups excluding tert-OH is 1. The van der Waals surface area contributed by atoms with Crippen molar-refractivity contribution >= 4 is 10.9 Å². The molecule has 0 saturated heterocycles. The highest BCUT2D eigenvalue weighted by atomic mass is 19.3. The second-order valence-electron chi connectivity index (χ2n) is 3.24. The monoisotopic (exact) mass is 209 g/mol. The van der Waals surface area contributed by atoms with E-state index < -0.39 is 12.5 Å². The fraction of sp³-hybridized carbons (Fsp3) is 0.182. The molecule has 1 unspecified atom stereocenters. The molecule has 1 aromatic heterocycles. The number of benzene rings is 1. The Hall–Kier alpha value is -1.55. The van der Waals surface area contributed by atoms with Crippen molar-refractivity contribution in [1.29, 1.82) is 0 Å². The van der Waals surface area contributed by atoms with Crippen molar-refractivity contribution in [2.24, 2.45) is 0 Å². The molecule has 0 aliphatic heterocycles. The topological polar surface area (TPSA) is 33.1 Å². The summed E-state index contributed by atoms with van der Waals surface area (Å²) in [5.41, 5.74) is 0.867. The van der Waals surface area contributed by atoms with Gasteiger partial charge in [0.2, 0.25) is 0 Å². The van der Waals surface area contributed by atoms with E-state index in [1.54, 1.807) is 18.2 Å². The van der Waals surface area contributed by atoms with Crippen molar-refractivity contribution in [3.63, 3.8) is 0 Å². The summed E-state index contributed by atoms with van der Waals surface area (Å²) < 4.78 is 24.5. The van der Waals surface area contributed by atoms with E-state index in [9.17, 15) is 8.78 Å². The second-order valence-corrected chi connectivity index (χ2v) is 3.24. The van der Waals surface area contributed by atoms with E-state index in [0.29, 0.717) is 0 Å². The third kappa shape index (κ3) is 1.94. The van der Waals surface area contributed by atoms with E-state index in [-0.39, 0.29) is 5.56 Å². The Morgan fingerprint density at radius 1 is 1.20 bits per heavy atom. The third-order valence-corrected chi connectivity index (χ3v) is 2.19. The Bertz CT molecular complexity index is 473. The lowest BCUT2D eigenvalue weighted by molar-refractivity contribution is -0.00587. The van der Waals surface area contributed by atoms with Gasteiger partial charge in [0.05, 0.1) is 5.52 Å². The molecular formula is C11H9F2NO. The van der Waals surface area contributed by atoms with Crippen LogP contribution >= 0.6 is 0 Å². The van der Waals surface area contributed by atoms with Crippen molar-refractivity contribution < 1.29 is 13.9 Å². The molecule has 4 heteroatoms. The van der Waals surface area contributed by atoms with Crippen LogP contribution in [0.4, 0.5) is 8.78 Å². The van der Waals surface area contributed by atoms with Crippen LogP contribution in [0.25, 0.3) is 10.9 Å². The molecule has 2 aromatic rings. The zero-order valence-electron chi connectivity index (χ0n) is 7.77. The van der Waals surface area contributed by atoms with E-state index in [1.807, 2.05) is 6.07 Å². The predicted octanol–water partition coefficient (Wildman–Crippen LogP) is 2.53. The predicted molar refractivity (Wildman–Crippen MR) is 52.7 cm³/mol. The van der Waals surface area contributed by atoms with Gasteiger partial charge in [-0.15, -0.1) is 0 Å². The molecule has 1 N–H and O–H groups in total. The van der Waals surface area contributed by atoms with Crippen molar-refractivity contribution in [2.75, 3.05) is 0 Å². The number of fused-ring (bicyclic) bond motifs is 1. The number of aliphatic hydroxyl groups is 1. The number of nitrogens with zero attached hydrogens (tertiary/aromatic N) is 1. The van der Waals surface area contributed by atoms with Gasteiger partial charge in [-0.3, -0.25) is 4.98 Å². The summed E-state index contributed by atoms with van der Waals surface area (Å²) in [4.78, 5) is 3.99. The van der Waals surface area contributed by atoms with Crippen LogP contribution in [0, 0.1) is 0 Å². The first-order valence-corrected chi connectivity index (χ1v) is 4.49. The molecule has 0 bridgehead atoms. The van der Waals surface area contributed by atoms with Crippen LogP contribution in [0.5, 0.6) is 0 Å². The molecule has 1 heterocycles. The Labute approximate surface area is 85.2 Å². The summed E-state index contributed by atoms with van der Waals surface area (Å²) in [5, 5.41) is 9.91. The standard InChI is InChI=1S/C11H9F2NO/c12-11(13)10(15)8-5-7-3-1-2-4-9(7)14-6-8/h1-6,10-11,15H. The summed E-state index contributed by atoms with van der Waals surface area (Å²) in [6.07, 6.45) is -3.27. The molecule has 0 radical (unpaired) electrons. The molecule has 0 aliphatic rings. The molecule has 0 amide bonds. The Morgan fingerprint density at radius 2 is 1.93 bits per heavy atom. The number of rotatable bonds is 2. The highest BCUT2D eigenvalue weighted by Crippen LogP contribution is 2.22. The molecule has 0 aliphatic carbocycles. The largest absolute Gasteiger partial charge is 0.382 e. The zero-order valence-corrected chi connectivity index (χ0v) is 7.77. The van der Waals surface area contributed by atoms with Gasteiger partial charge in [0.1, 0.15) is 6.10 Å². The minimum atomic E-state index is -2.78. The lowest BCUT2D eigenvalue weighted by Crippen LogP contribution is -2.08. The van der Waals surface area contributed by atoms with Crippen LogP contribution < -0.4 is 0 Å². The number of alkyl halides is 2. The van der Waals surface area contributed by atoms with E-state index in [1.165, 1.54) is 12.3 Å². The van der Waals surface area contributed by atoms with E-state index in [2.05, 4.69) is 4.98 Å². The maximum atomic E-state index is 12.2. The number of para-hydroxylation sites is 1. The summed E-state index contributed by atoms with van der Waals surface area (Å²) in [6, 6.07) is 8.69. The number of aromatic nitrogens is 1. The maximum Gasteiger partial charge on any atom is 0.268 e. The normalized spacial score (nSPS) is 13.3. The van der Waals surface area contributed by atoms with Crippen LogP contribution in [-0.4, -0.2) is 16.5 Å². The SMILES string of the molecule is OC(c1cnc2ccccc2c1)C(F)F. The molecular weight excluding hydrogens is 200 g/mol.